The standard InChI is InChI=1S/C20H26N6/c1-2-11-22-19-17-20(26(13-23-17)16-9-4-3-5-10-16)25-18(24-19)14-7-6-8-15(21)12-14/h6-8,12-13,16H,2-5,9-11,21H2,1H3,(H,22,24,25). The minimum Gasteiger partial charge on any atom is -0.399 e. The Labute approximate surface area is 153 Å². The van der Waals surface area contributed by atoms with Crippen LogP contribution >= 0.6 is 0 Å². The molecule has 2 heterocycles. The fourth-order valence-corrected chi connectivity index (χ4v) is 3.72. The number of anilines is 2. The van der Waals surface area contributed by atoms with Crippen LogP contribution in [-0.2, 0) is 0 Å². The van der Waals surface area contributed by atoms with E-state index in [1.54, 1.807) is 0 Å². The molecule has 0 spiro atoms. The Morgan fingerprint density at radius 3 is 2.81 bits per heavy atom. The third-order valence-electron chi connectivity index (χ3n) is 5.08. The van der Waals surface area contributed by atoms with Crippen LogP contribution in [0.5, 0.6) is 0 Å². The second kappa shape index (κ2) is 7.32. The molecule has 6 nitrogen and oxygen atoms in total. The van der Waals surface area contributed by atoms with Crippen LogP contribution in [0.4, 0.5) is 11.5 Å². The lowest BCUT2D eigenvalue weighted by Gasteiger charge is -2.23. The maximum absolute atomic E-state index is 5.96. The summed E-state index contributed by atoms with van der Waals surface area (Å²) in [6.07, 6.45) is 9.24. The van der Waals surface area contributed by atoms with E-state index in [9.17, 15) is 0 Å². The van der Waals surface area contributed by atoms with Crippen molar-refractivity contribution in [3.8, 4) is 11.4 Å². The minimum atomic E-state index is 0.483. The van der Waals surface area contributed by atoms with E-state index in [4.69, 9.17) is 15.7 Å². The van der Waals surface area contributed by atoms with E-state index < -0.39 is 0 Å². The van der Waals surface area contributed by atoms with Crippen molar-refractivity contribution in [3.05, 3.63) is 30.6 Å². The van der Waals surface area contributed by atoms with Gasteiger partial charge in [-0.3, -0.25) is 0 Å². The third-order valence-corrected chi connectivity index (χ3v) is 5.08. The summed E-state index contributed by atoms with van der Waals surface area (Å²) < 4.78 is 2.25. The first-order valence-electron chi connectivity index (χ1n) is 9.60. The number of hydrogen-bond acceptors (Lipinski definition) is 5. The number of rotatable bonds is 5. The number of nitrogens with two attached hydrogens (primary N) is 1. The molecule has 0 atom stereocenters. The lowest BCUT2D eigenvalue weighted by atomic mass is 9.95. The predicted molar refractivity (Wildman–Crippen MR) is 106 cm³/mol. The van der Waals surface area contributed by atoms with Crippen molar-refractivity contribution < 1.29 is 0 Å². The van der Waals surface area contributed by atoms with Crippen molar-refractivity contribution in [1.82, 2.24) is 19.5 Å². The van der Waals surface area contributed by atoms with Crippen molar-refractivity contribution in [2.75, 3.05) is 17.6 Å². The fraction of sp³-hybridized carbons (Fsp3) is 0.450. The maximum Gasteiger partial charge on any atom is 0.166 e. The summed E-state index contributed by atoms with van der Waals surface area (Å²) in [4.78, 5) is 14.3. The topological polar surface area (TPSA) is 81.7 Å². The maximum atomic E-state index is 5.96. The summed E-state index contributed by atoms with van der Waals surface area (Å²) in [5.74, 6) is 1.50. The van der Waals surface area contributed by atoms with Gasteiger partial charge >= 0.3 is 0 Å². The van der Waals surface area contributed by atoms with Crippen molar-refractivity contribution in [3.63, 3.8) is 0 Å². The van der Waals surface area contributed by atoms with Crippen LogP contribution in [0.2, 0.25) is 0 Å². The van der Waals surface area contributed by atoms with Gasteiger partial charge in [0.05, 0.1) is 6.33 Å². The van der Waals surface area contributed by atoms with E-state index in [2.05, 4.69) is 21.8 Å². The average molecular weight is 350 g/mol. The number of fused-ring (bicyclic) bond motifs is 1. The molecule has 3 N–H and O–H groups in total. The van der Waals surface area contributed by atoms with Crippen LogP contribution in [0.15, 0.2) is 30.6 Å². The molecule has 1 aliphatic carbocycles. The zero-order valence-electron chi connectivity index (χ0n) is 15.3. The lowest BCUT2D eigenvalue weighted by molar-refractivity contribution is 0.358. The number of aromatic nitrogens is 4. The van der Waals surface area contributed by atoms with Gasteiger partial charge in [0.2, 0.25) is 0 Å². The first kappa shape index (κ1) is 16.8. The van der Waals surface area contributed by atoms with E-state index in [1.165, 1.54) is 32.1 Å². The van der Waals surface area contributed by atoms with E-state index >= 15 is 0 Å². The molecule has 6 heteroatoms. The summed E-state index contributed by atoms with van der Waals surface area (Å²) in [5, 5.41) is 3.42. The molecule has 1 fully saturated rings. The highest BCUT2D eigenvalue weighted by molar-refractivity contribution is 5.85. The molecule has 0 bridgehead atoms. The Morgan fingerprint density at radius 2 is 2.04 bits per heavy atom. The average Bonchev–Trinajstić information content (AvgIpc) is 3.11. The molecule has 2 aromatic heterocycles. The van der Waals surface area contributed by atoms with Crippen LogP contribution in [0.1, 0.15) is 51.5 Å². The van der Waals surface area contributed by atoms with Gasteiger partial charge in [0.1, 0.15) is 5.52 Å². The molecule has 0 amide bonds. The number of nitrogens with zero attached hydrogens (tertiary/aromatic N) is 4. The molecule has 0 saturated heterocycles. The SMILES string of the molecule is CCCNc1nc(-c2cccc(N)c2)nc2c1ncn2C1CCCCC1. The molecule has 4 rings (SSSR count). The number of nitrogen functional groups attached to an aromatic ring is 1. The minimum absolute atomic E-state index is 0.483. The van der Waals surface area contributed by atoms with E-state index in [0.29, 0.717) is 11.9 Å². The highest BCUT2D eigenvalue weighted by Gasteiger charge is 2.21. The Hall–Kier alpha value is -2.63. The molecule has 3 aromatic rings. The lowest BCUT2D eigenvalue weighted by Crippen LogP contribution is -2.13. The molecule has 0 aliphatic heterocycles. The van der Waals surface area contributed by atoms with Crippen molar-refractivity contribution in [2.24, 2.45) is 0 Å². The zero-order valence-corrected chi connectivity index (χ0v) is 15.3. The van der Waals surface area contributed by atoms with E-state index in [1.807, 2.05) is 30.6 Å². The van der Waals surface area contributed by atoms with Gasteiger partial charge in [0, 0.05) is 23.8 Å². The van der Waals surface area contributed by atoms with Gasteiger partial charge in [-0.15, -0.1) is 0 Å². The first-order valence-corrected chi connectivity index (χ1v) is 9.60. The van der Waals surface area contributed by atoms with Gasteiger partial charge in [-0.2, -0.15) is 0 Å². The molecule has 26 heavy (non-hydrogen) atoms. The van der Waals surface area contributed by atoms with Gasteiger partial charge in [-0.05, 0) is 31.4 Å². The van der Waals surface area contributed by atoms with Crippen LogP contribution < -0.4 is 11.1 Å². The summed E-state index contributed by atoms with van der Waals surface area (Å²) in [7, 11) is 0. The third kappa shape index (κ3) is 3.23. The fourth-order valence-electron chi connectivity index (χ4n) is 3.72. The van der Waals surface area contributed by atoms with Crippen LogP contribution in [0.25, 0.3) is 22.6 Å². The van der Waals surface area contributed by atoms with Crippen molar-refractivity contribution >= 4 is 22.7 Å². The molecular weight excluding hydrogens is 324 g/mol. The van der Waals surface area contributed by atoms with Crippen molar-refractivity contribution in [1.29, 1.82) is 0 Å². The zero-order chi connectivity index (χ0) is 17.9. The highest BCUT2D eigenvalue weighted by Crippen LogP contribution is 2.32. The summed E-state index contributed by atoms with van der Waals surface area (Å²) >= 11 is 0. The second-order valence-corrected chi connectivity index (χ2v) is 7.06. The van der Waals surface area contributed by atoms with E-state index in [-0.39, 0.29) is 0 Å². The Bertz CT molecular complexity index is 894. The number of nitrogens with one attached hydrogen (secondary N) is 1. The van der Waals surface area contributed by atoms with Crippen LogP contribution in [0.3, 0.4) is 0 Å². The van der Waals surface area contributed by atoms with Gasteiger partial charge in [-0.1, -0.05) is 38.3 Å². The monoisotopic (exact) mass is 350 g/mol. The first-order chi connectivity index (χ1) is 12.8. The smallest absolute Gasteiger partial charge is 0.166 e. The van der Waals surface area contributed by atoms with Gasteiger partial charge in [0.25, 0.3) is 0 Å². The highest BCUT2D eigenvalue weighted by atomic mass is 15.2. The largest absolute Gasteiger partial charge is 0.399 e. The summed E-state index contributed by atoms with van der Waals surface area (Å²) in [6.45, 7) is 3.00. The summed E-state index contributed by atoms with van der Waals surface area (Å²) in [6, 6.07) is 8.23. The molecule has 1 aliphatic rings. The summed E-state index contributed by atoms with van der Waals surface area (Å²) in [5.41, 5.74) is 9.39. The predicted octanol–water partition coefficient (Wildman–Crippen LogP) is 4.40. The Kier molecular flexibility index (Phi) is 4.73. The quantitative estimate of drug-likeness (QED) is 0.666. The number of hydrogen-bond donors (Lipinski definition) is 2. The molecule has 1 saturated carbocycles. The number of benzene rings is 1. The van der Waals surface area contributed by atoms with Crippen LogP contribution in [-0.4, -0.2) is 26.1 Å². The van der Waals surface area contributed by atoms with E-state index in [0.717, 1.165) is 41.2 Å². The van der Waals surface area contributed by atoms with Gasteiger partial charge in [-0.25, -0.2) is 15.0 Å². The molecule has 0 radical (unpaired) electrons. The second-order valence-electron chi connectivity index (χ2n) is 7.06. The van der Waals surface area contributed by atoms with Gasteiger partial charge in [0.15, 0.2) is 17.3 Å². The molecule has 0 unspecified atom stereocenters. The van der Waals surface area contributed by atoms with Crippen LogP contribution in [0, 0.1) is 0 Å². The number of imidazole rings is 1. The molecule has 1 aromatic carbocycles. The Morgan fingerprint density at radius 1 is 1.19 bits per heavy atom. The van der Waals surface area contributed by atoms with Gasteiger partial charge < -0.3 is 15.6 Å². The normalized spacial score (nSPS) is 15.4. The Balaban J connectivity index is 1.84. The molecular formula is C20H26N6. The van der Waals surface area contributed by atoms with Crippen molar-refractivity contribution in [2.45, 2.75) is 51.5 Å². The molecule has 136 valence electrons.